The molecular weight excluding hydrogens is 266 g/mol. The van der Waals surface area contributed by atoms with Gasteiger partial charge in [-0.25, -0.2) is 4.68 Å². The van der Waals surface area contributed by atoms with Gasteiger partial charge >= 0.3 is 0 Å². The Kier molecular flexibility index (Phi) is 5.53. The smallest absolute Gasteiger partial charge is 0.271 e. The summed E-state index contributed by atoms with van der Waals surface area (Å²) in [6, 6.07) is 3.19. The zero-order valence-corrected chi connectivity index (χ0v) is 13.0. The van der Waals surface area contributed by atoms with Gasteiger partial charge in [0.25, 0.3) is 11.5 Å². The Morgan fingerprint density at radius 1 is 1.43 bits per heavy atom. The van der Waals surface area contributed by atoms with Gasteiger partial charge in [0.2, 0.25) is 0 Å². The van der Waals surface area contributed by atoms with E-state index >= 15 is 0 Å². The molecule has 1 amide bonds. The minimum absolute atomic E-state index is 0.147. The van der Waals surface area contributed by atoms with Crippen LogP contribution in [-0.2, 0) is 6.54 Å². The van der Waals surface area contributed by atoms with Crippen LogP contribution in [0.1, 0.15) is 62.9 Å². The highest BCUT2D eigenvalue weighted by atomic mass is 16.2. The number of aryl methyl sites for hydroxylation is 1. The van der Waals surface area contributed by atoms with Gasteiger partial charge < -0.3 is 5.32 Å². The van der Waals surface area contributed by atoms with E-state index in [1.165, 1.54) is 23.2 Å². The molecule has 1 aliphatic rings. The van der Waals surface area contributed by atoms with Crippen LogP contribution in [0.2, 0.25) is 0 Å². The molecule has 0 saturated heterocycles. The van der Waals surface area contributed by atoms with Crippen molar-refractivity contribution in [3.05, 3.63) is 28.2 Å². The van der Waals surface area contributed by atoms with E-state index in [2.05, 4.69) is 24.3 Å². The van der Waals surface area contributed by atoms with Gasteiger partial charge in [-0.05, 0) is 31.2 Å². The van der Waals surface area contributed by atoms with Gasteiger partial charge in [0.1, 0.15) is 5.69 Å². The van der Waals surface area contributed by atoms with E-state index in [-0.39, 0.29) is 17.5 Å². The average Bonchev–Trinajstić information content (AvgIpc) is 2.46. The summed E-state index contributed by atoms with van der Waals surface area (Å²) in [7, 11) is 0. The van der Waals surface area contributed by atoms with Crippen LogP contribution < -0.4 is 10.9 Å². The lowest BCUT2D eigenvalue weighted by molar-refractivity contribution is 0.0913. The SMILES string of the molecule is CCCCn1nc(C(=O)NC2CCCC(C)C2)ccc1=O. The highest BCUT2D eigenvalue weighted by Gasteiger charge is 2.21. The molecule has 5 nitrogen and oxygen atoms in total. The maximum absolute atomic E-state index is 12.3. The Morgan fingerprint density at radius 2 is 2.24 bits per heavy atom. The van der Waals surface area contributed by atoms with Gasteiger partial charge in [-0.1, -0.05) is 33.1 Å². The molecule has 1 N–H and O–H groups in total. The molecule has 1 saturated carbocycles. The third-order valence-corrected chi connectivity index (χ3v) is 4.09. The van der Waals surface area contributed by atoms with E-state index in [9.17, 15) is 9.59 Å². The molecule has 0 bridgehead atoms. The molecule has 1 aromatic rings. The lowest BCUT2D eigenvalue weighted by Crippen LogP contribution is -2.39. The zero-order valence-electron chi connectivity index (χ0n) is 13.0. The van der Waals surface area contributed by atoms with Crippen LogP contribution in [0.3, 0.4) is 0 Å². The maximum Gasteiger partial charge on any atom is 0.271 e. The number of rotatable bonds is 5. The second-order valence-electron chi connectivity index (χ2n) is 6.08. The Morgan fingerprint density at radius 3 is 2.95 bits per heavy atom. The Balaban J connectivity index is 2.03. The molecule has 2 atom stereocenters. The molecule has 21 heavy (non-hydrogen) atoms. The highest BCUT2D eigenvalue weighted by Crippen LogP contribution is 2.23. The summed E-state index contributed by atoms with van der Waals surface area (Å²) in [4.78, 5) is 24.0. The van der Waals surface area contributed by atoms with Crippen LogP contribution in [0.4, 0.5) is 0 Å². The number of hydrogen-bond acceptors (Lipinski definition) is 3. The lowest BCUT2D eigenvalue weighted by Gasteiger charge is -2.27. The molecule has 0 aliphatic heterocycles. The zero-order chi connectivity index (χ0) is 15.2. The van der Waals surface area contributed by atoms with Crippen LogP contribution in [0.25, 0.3) is 0 Å². The minimum atomic E-state index is -0.167. The molecule has 1 aromatic heterocycles. The Labute approximate surface area is 125 Å². The first-order valence-electron chi connectivity index (χ1n) is 7.99. The highest BCUT2D eigenvalue weighted by molar-refractivity contribution is 5.92. The van der Waals surface area contributed by atoms with E-state index in [0.29, 0.717) is 18.2 Å². The standard InChI is InChI=1S/C16H25N3O2/c1-3-4-10-19-15(20)9-8-14(18-19)16(21)17-13-7-5-6-12(2)11-13/h8-9,12-13H,3-7,10-11H2,1-2H3,(H,17,21). The van der Waals surface area contributed by atoms with Gasteiger partial charge in [-0.15, -0.1) is 0 Å². The molecule has 0 aromatic carbocycles. The molecule has 5 heteroatoms. The van der Waals surface area contributed by atoms with Crippen LogP contribution in [0, 0.1) is 5.92 Å². The summed E-state index contributed by atoms with van der Waals surface area (Å²) in [5, 5.41) is 7.24. The number of nitrogens with one attached hydrogen (secondary N) is 1. The molecule has 0 spiro atoms. The van der Waals surface area contributed by atoms with Crippen LogP contribution in [0.5, 0.6) is 0 Å². The van der Waals surface area contributed by atoms with Crippen molar-refractivity contribution in [3.63, 3.8) is 0 Å². The van der Waals surface area contributed by atoms with Crippen molar-refractivity contribution in [3.8, 4) is 0 Å². The van der Waals surface area contributed by atoms with Gasteiger partial charge in [-0.2, -0.15) is 5.10 Å². The van der Waals surface area contributed by atoms with Crippen LogP contribution in [-0.4, -0.2) is 21.7 Å². The molecule has 1 aliphatic carbocycles. The first kappa shape index (κ1) is 15.7. The van der Waals surface area contributed by atoms with Crippen molar-refractivity contribution in [1.82, 2.24) is 15.1 Å². The van der Waals surface area contributed by atoms with Gasteiger partial charge in [0.15, 0.2) is 0 Å². The number of carbonyl (C=O) groups excluding carboxylic acids is 1. The van der Waals surface area contributed by atoms with Crippen molar-refractivity contribution >= 4 is 5.91 Å². The van der Waals surface area contributed by atoms with Crippen LogP contribution >= 0.6 is 0 Å². The van der Waals surface area contributed by atoms with Crippen molar-refractivity contribution < 1.29 is 4.79 Å². The number of nitrogens with zero attached hydrogens (tertiary/aromatic N) is 2. The molecule has 2 unspecified atom stereocenters. The monoisotopic (exact) mass is 291 g/mol. The van der Waals surface area contributed by atoms with Gasteiger partial charge in [0, 0.05) is 18.7 Å². The first-order valence-corrected chi connectivity index (χ1v) is 7.99. The Hall–Kier alpha value is -1.65. The third-order valence-electron chi connectivity index (χ3n) is 4.09. The van der Waals surface area contributed by atoms with E-state index in [4.69, 9.17) is 0 Å². The third kappa shape index (κ3) is 4.41. The van der Waals surface area contributed by atoms with Gasteiger partial charge in [0.05, 0.1) is 0 Å². The summed E-state index contributed by atoms with van der Waals surface area (Å²) in [6.45, 7) is 4.85. The molecular formula is C16H25N3O2. The fourth-order valence-corrected chi connectivity index (χ4v) is 2.86. The largest absolute Gasteiger partial charge is 0.348 e. The summed E-state index contributed by atoms with van der Waals surface area (Å²) >= 11 is 0. The number of carbonyl (C=O) groups is 1. The fourth-order valence-electron chi connectivity index (χ4n) is 2.86. The van der Waals surface area contributed by atoms with E-state index in [1.807, 2.05) is 0 Å². The molecule has 1 heterocycles. The minimum Gasteiger partial charge on any atom is -0.348 e. The number of aromatic nitrogens is 2. The molecule has 1 fully saturated rings. The molecule has 0 radical (unpaired) electrons. The second kappa shape index (κ2) is 7.38. The average molecular weight is 291 g/mol. The fraction of sp³-hybridized carbons (Fsp3) is 0.688. The number of unbranched alkanes of at least 4 members (excludes halogenated alkanes) is 1. The molecule has 116 valence electrons. The molecule has 2 rings (SSSR count). The van der Waals surface area contributed by atoms with Crippen molar-refractivity contribution in [1.29, 1.82) is 0 Å². The number of amides is 1. The predicted octanol–water partition coefficient (Wildman–Crippen LogP) is 2.35. The van der Waals surface area contributed by atoms with Crippen molar-refractivity contribution in [2.75, 3.05) is 0 Å². The summed E-state index contributed by atoms with van der Waals surface area (Å²) in [5.41, 5.74) is 0.190. The lowest BCUT2D eigenvalue weighted by atomic mass is 9.87. The summed E-state index contributed by atoms with van der Waals surface area (Å²) < 4.78 is 1.39. The second-order valence-corrected chi connectivity index (χ2v) is 6.08. The maximum atomic E-state index is 12.3. The van der Waals surface area contributed by atoms with Crippen molar-refractivity contribution in [2.24, 2.45) is 5.92 Å². The normalized spacial score (nSPS) is 22.0. The van der Waals surface area contributed by atoms with Crippen LogP contribution in [0.15, 0.2) is 16.9 Å². The Bertz CT molecular complexity index is 539. The van der Waals surface area contributed by atoms with E-state index in [0.717, 1.165) is 32.1 Å². The quantitative estimate of drug-likeness (QED) is 0.905. The number of hydrogen-bond donors (Lipinski definition) is 1. The predicted molar refractivity (Wildman–Crippen MR) is 82.3 cm³/mol. The van der Waals surface area contributed by atoms with E-state index < -0.39 is 0 Å². The van der Waals surface area contributed by atoms with Gasteiger partial charge in [-0.3, -0.25) is 9.59 Å². The summed E-state index contributed by atoms with van der Waals surface area (Å²) in [6.07, 6.45) is 6.34. The first-order chi connectivity index (χ1) is 10.1. The van der Waals surface area contributed by atoms with Crippen molar-refractivity contribution in [2.45, 2.75) is 65.0 Å². The summed E-state index contributed by atoms with van der Waals surface area (Å²) in [5.74, 6) is 0.495. The van der Waals surface area contributed by atoms with E-state index in [1.54, 1.807) is 0 Å². The topological polar surface area (TPSA) is 64.0 Å².